The summed E-state index contributed by atoms with van der Waals surface area (Å²) in [6.07, 6.45) is 0. The molecule has 0 saturated carbocycles. The molecule has 0 fully saturated rings. The summed E-state index contributed by atoms with van der Waals surface area (Å²) in [5.41, 5.74) is 1.63. The highest BCUT2D eigenvalue weighted by molar-refractivity contribution is 5.24. The van der Waals surface area contributed by atoms with Gasteiger partial charge in [0.1, 0.15) is 12.4 Å². The summed E-state index contributed by atoms with van der Waals surface area (Å²) in [5, 5.41) is 3.00. The van der Waals surface area contributed by atoms with E-state index in [9.17, 15) is 8.78 Å². The Kier molecular flexibility index (Phi) is 4.41. The second-order valence-corrected chi connectivity index (χ2v) is 4.02. The standard InChI is InChI=1S/C14H14F2N2O/c1-17-8-10-3-2-4-11(18-10)9-19-12-5-6-13(15)14(16)7-12/h2-7,17H,8-9H2,1H3. The van der Waals surface area contributed by atoms with E-state index in [-0.39, 0.29) is 12.4 Å². The van der Waals surface area contributed by atoms with Gasteiger partial charge in [-0.3, -0.25) is 4.98 Å². The van der Waals surface area contributed by atoms with Crippen LogP contribution in [0.5, 0.6) is 5.75 Å². The topological polar surface area (TPSA) is 34.1 Å². The van der Waals surface area contributed by atoms with Gasteiger partial charge in [0.25, 0.3) is 0 Å². The summed E-state index contributed by atoms with van der Waals surface area (Å²) >= 11 is 0. The van der Waals surface area contributed by atoms with Crippen LogP contribution in [-0.2, 0) is 13.2 Å². The maximum Gasteiger partial charge on any atom is 0.162 e. The number of aromatic nitrogens is 1. The van der Waals surface area contributed by atoms with Crippen molar-refractivity contribution >= 4 is 0 Å². The minimum absolute atomic E-state index is 0.211. The van der Waals surface area contributed by atoms with Crippen LogP contribution in [-0.4, -0.2) is 12.0 Å². The number of pyridine rings is 1. The quantitative estimate of drug-likeness (QED) is 0.901. The third-order valence-electron chi connectivity index (χ3n) is 2.50. The number of hydrogen-bond donors (Lipinski definition) is 1. The lowest BCUT2D eigenvalue weighted by Crippen LogP contribution is -2.08. The van der Waals surface area contributed by atoms with Crippen molar-refractivity contribution in [2.24, 2.45) is 0 Å². The van der Waals surface area contributed by atoms with Gasteiger partial charge in [-0.2, -0.15) is 0 Å². The molecule has 100 valence electrons. The van der Waals surface area contributed by atoms with E-state index in [0.29, 0.717) is 6.54 Å². The fraction of sp³-hybridized carbons (Fsp3) is 0.214. The van der Waals surface area contributed by atoms with E-state index < -0.39 is 11.6 Å². The Bertz CT molecular complexity index is 561. The van der Waals surface area contributed by atoms with E-state index in [1.54, 1.807) is 0 Å². The molecule has 0 aliphatic carbocycles. The lowest BCUT2D eigenvalue weighted by atomic mass is 10.3. The van der Waals surface area contributed by atoms with Crippen LogP contribution in [0.2, 0.25) is 0 Å². The number of rotatable bonds is 5. The van der Waals surface area contributed by atoms with E-state index in [4.69, 9.17) is 4.74 Å². The monoisotopic (exact) mass is 264 g/mol. The molecule has 0 spiro atoms. The molecule has 1 N–H and O–H groups in total. The normalized spacial score (nSPS) is 10.5. The van der Waals surface area contributed by atoms with Crippen molar-refractivity contribution in [1.29, 1.82) is 0 Å². The fourth-order valence-corrected chi connectivity index (χ4v) is 1.61. The molecule has 0 radical (unpaired) electrons. The van der Waals surface area contributed by atoms with Gasteiger partial charge < -0.3 is 10.1 Å². The van der Waals surface area contributed by atoms with Gasteiger partial charge in [0, 0.05) is 12.6 Å². The molecule has 3 nitrogen and oxygen atoms in total. The second kappa shape index (κ2) is 6.24. The minimum atomic E-state index is -0.922. The number of ether oxygens (including phenoxy) is 1. The zero-order chi connectivity index (χ0) is 13.7. The number of nitrogens with one attached hydrogen (secondary N) is 1. The number of hydrogen-bond acceptors (Lipinski definition) is 3. The van der Waals surface area contributed by atoms with Gasteiger partial charge in [0.2, 0.25) is 0 Å². The molecule has 0 bridgehead atoms. The fourth-order valence-electron chi connectivity index (χ4n) is 1.61. The molecule has 0 amide bonds. The third-order valence-corrected chi connectivity index (χ3v) is 2.50. The summed E-state index contributed by atoms with van der Waals surface area (Å²) in [7, 11) is 1.84. The molecule has 1 heterocycles. The summed E-state index contributed by atoms with van der Waals surface area (Å²) < 4.78 is 31.1. The maximum atomic E-state index is 13.0. The smallest absolute Gasteiger partial charge is 0.162 e. The Hall–Kier alpha value is -2.01. The highest BCUT2D eigenvalue weighted by Gasteiger charge is 2.04. The molecule has 2 aromatic rings. The Morgan fingerprint density at radius 1 is 1.11 bits per heavy atom. The largest absolute Gasteiger partial charge is 0.487 e. The summed E-state index contributed by atoms with van der Waals surface area (Å²) in [6.45, 7) is 0.877. The van der Waals surface area contributed by atoms with Gasteiger partial charge in [-0.05, 0) is 31.3 Å². The molecule has 0 aliphatic heterocycles. The third kappa shape index (κ3) is 3.72. The van der Waals surface area contributed by atoms with Crippen molar-refractivity contribution in [3.63, 3.8) is 0 Å². The first-order valence-corrected chi connectivity index (χ1v) is 5.86. The van der Waals surface area contributed by atoms with Crippen LogP contribution in [0.25, 0.3) is 0 Å². The summed E-state index contributed by atoms with van der Waals surface area (Å²) in [5.74, 6) is -1.53. The first-order chi connectivity index (χ1) is 9.19. The molecule has 5 heteroatoms. The van der Waals surface area contributed by atoms with Crippen molar-refractivity contribution < 1.29 is 13.5 Å². The molecular weight excluding hydrogens is 250 g/mol. The van der Waals surface area contributed by atoms with Gasteiger partial charge in [0.15, 0.2) is 11.6 Å². The van der Waals surface area contributed by atoms with E-state index in [1.807, 2.05) is 25.2 Å². The number of nitrogens with zero attached hydrogens (tertiary/aromatic N) is 1. The molecule has 0 saturated heterocycles. The summed E-state index contributed by atoms with van der Waals surface area (Å²) in [4.78, 5) is 4.36. The molecule has 2 rings (SSSR count). The highest BCUT2D eigenvalue weighted by atomic mass is 19.2. The van der Waals surface area contributed by atoms with E-state index in [1.165, 1.54) is 6.07 Å². The van der Waals surface area contributed by atoms with Crippen LogP contribution >= 0.6 is 0 Å². The number of benzene rings is 1. The average molecular weight is 264 g/mol. The van der Waals surface area contributed by atoms with Gasteiger partial charge in [-0.1, -0.05) is 6.07 Å². The molecule has 0 atom stereocenters. The molecule has 0 aliphatic rings. The van der Waals surface area contributed by atoms with E-state index in [0.717, 1.165) is 23.5 Å². The van der Waals surface area contributed by atoms with Crippen LogP contribution in [0.3, 0.4) is 0 Å². The molecular formula is C14H14F2N2O. The maximum absolute atomic E-state index is 13.0. The van der Waals surface area contributed by atoms with E-state index in [2.05, 4.69) is 10.3 Å². The van der Waals surface area contributed by atoms with Crippen molar-refractivity contribution in [2.75, 3.05) is 7.05 Å². The van der Waals surface area contributed by atoms with Crippen molar-refractivity contribution in [3.05, 3.63) is 59.4 Å². The molecule has 19 heavy (non-hydrogen) atoms. The average Bonchev–Trinajstić information content (AvgIpc) is 2.41. The van der Waals surface area contributed by atoms with Crippen molar-refractivity contribution in [3.8, 4) is 5.75 Å². The first-order valence-electron chi connectivity index (χ1n) is 5.86. The van der Waals surface area contributed by atoms with Crippen molar-refractivity contribution in [1.82, 2.24) is 10.3 Å². The molecule has 1 aromatic carbocycles. The van der Waals surface area contributed by atoms with Crippen LogP contribution in [0.4, 0.5) is 8.78 Å². The Labute approximate surface area is 110 Å². The Morgan fingerprint density at radius 3 is 2.63 bits per heavy atom. The van der Waals surface area contributed by atoms with Gasteiger partial charge in [-0.25, -0.2) is 8.78 Å². The highest BCUT2D eigenvalue weighted by Crippen LogP contribution is 2.16. The lowest BCUT2D eigenvalue weighted by Gasteiger charge is -2.07. The number of halogens is 2. The SMILES string of the molecule is CNCc1cccc(COc2ccc(F)c(F)c2)n1. The van der Waals surface area contributed by atoms with Crippen LogP contribution in [0.1, 0.15) is 11.4 Å². The Balaban J connectivity index is 2.01. The predicted molar refractivity (Wildman–Crippen MR) is 67.7 cm³/mol. The first kappa shape index (κ1) is 13.4. The lowest BCUT2D eigenvalue weighted by molar-refractivity contribution is 0.298. The van der Waals surface area contributed by atoms with Crippen LogP contribution < -0.4 is 10.1 Å². The van der Waals surface area contributed by atoms with Crippen LogP contribution in [0, 0.1) is 11.6 Å². The zero-order valence-corrected chi connectivity index (χ0v) is 10.5. The van der Waals surface area contributed by atoms with Gasteiger partial charge in [0.05, 0.1) is 11.4 Å². The second-order valence-electron chi connectivity index (χ2n) is 4.02. The minimum Gasteiger partial charge on any atom is -0.487 e. The zero-order valence-electron chi connectivity index (χ0n) is 10.5. The van der Waals surface area contributed by atoms with Crippen LogP contribution in [0.15, 0.2) is 36.4 Å². The Morgan fingerprint density at radius 2 is 1.89 bits per heavy atom. The van der Waals surface area contributed by atoms with Gasteiger partial charge >= 0.3 is 0 Å². The summed E-state index contributed by atoms with van der Waals surface area (Å²) in [6, 6.07) is 9.04. The van der Waals surface area contributed by atoms with E-state index >= 15 is 0 Å². The molecule has 1 aromatic heterocycles. The predicted octanol–water partition coefficient (Wildman–Crippen LogP) is 2.66. The van der Waals surface area contributed by atoms with Gasteiger partial charge in [-0.15, -0.1) is 0 Å². The molecule has 0 unspecified atom stereocenters. The van der Waals surface area contributed by atoms with Crippen molar-refractivity contribution in [2.45, 2.75) is 13.2 Å².